The molecule has 2 heterocycles. The molecule has 1 aromatic heterocycles. The fraction of sp³-hybridized carbons (Fsp3) is 0.583. The Labute approximate surface area is 119 Å². The minimum atomic E-state index is -3.57. The van der Waals surface area contributed by atoms with Crippen LogP contribution >= 0.6 is 11.6 Å². The van der Waals surface area contributed by atoms with E-state index in [0.29, 0.717) is 0 Å². The predicted molar refractivity (Wildman–Crippen MR) is 74.7 cm³/mol. The van der Waals surface area contributed by atoms with Crippen LogP contribution in [0.15, 0.2) is 23.4 Å². The first kappa shape index (κ1) is 14.7. The highest BCUT2D eigenvalue weighted by molar-refractivity contribution is 7.89. The molecule has 1 saturated heterocycles. The van der Waals surface area contributed by atoms with Gasteiger partial charge in [-0.3, -0.25) is 4.98 Å². The standard InChI is InChI=1S/C12H18ClN3O2S/c1-15-7-4-10(5-8-15)16(2)19(17,18)12-9-14-6-3-11(12)13/h3,6,9-10H,4-5,7-8H2,1-2H3. The number of likely N-dealkylation sites (tertiary alicyclic amines) is 1. The number of hydrogen-bond acceptors (Lipinski definition) is 4. The van der Waals surface area contributed by atoms with Crippen LogP contribution in [0.2, 0.25) is 5.02 Å². The van der Waals surface area contributed by atoms with Crippen LogP contribution in [-0.4, -0.2) is 55.8 Å². The second kappa shape index (κ2) is 5.75. The van der Waals surface area contributed by atoms with E-state index in [1.54, 1.807) is 7.05 Å². The van der Waals surface area contributed by atoms with Gasteiger partial charge in [0.05, 0.1) is 5.02 Å². The van der Waals surface area contributed by atoms with E-state index in [9.17, 15) is 8.42 Å². The Balaban J connectivity index is 2.23. The van der Waals surface area contributed by atoms with Crippen LogP contribution < -0.4 is 0 Å². The molecule has 0 spiro atoms. The van der Waals surface area contributed by atoms with Crippen LogP contribution in [0.3, 0.4) is 0 Å². The molecule has 0 amide bonds. The van der Waals surface area contributed by atoms with Gasteiger partial charge in [0.25, 0.3) is 0 Å². The summed E-state index contributed by atoms with van der Waals surface area (Å²) in [5, 5.41) is 0.217. The van der Waals surface area contributed by atoms with Crippen molar-refractivity contribution in [1.29, 1.82) is 0 Å². The Morgan fingerprint density at radius 2 is 2.05 bits per heavy atom. The second-order valence-electron chi connectivity index (χ2n) is 4.86. The van der Waals surface area contributed by atoms with Gasteiger partial charge in [-0.05, 0) is 39.0 Å². The molecule has 0 radical (unpaired) electrons. The van der Waals surface area contributed by atoms with Crippen molar-refractivity contribution in [1.82, 2.24) is 14.2 Å². The molecular weight excluding hydrogens is 286 g/mol. The summed E-state index contributed by atoms with van der Waals surface area (Å²) in [7, 11) is 0.0976. The van der Waals surface area contributed by atoms with Crippen molar-refractivity contribution in [3.8, 4) is 0 Å². The van der Waals surface area contributed by atoms with Crippen molar-refractivity contribution in [3.05, 3.63) is 23.5 Å². The van der Waals surface area contributed by atoms with E-state index in [2.05, 4.69) is 9.88 Å². The summed E-state index contributed by atoms with van der Waals surface area (Å²) in [6.45, 7) is 1.82. The molecule has 0 atom stereocenters. The summed E-state index contributed by atoms with van der Waals surface area (Å²) in [4.78, 5) is 6.14. The third kappa shape index (κ3) is 3.08. The van der Waals surface area contributed by atoms with Crippen molar-refractivity contribution in [2.24, 2.45) is 0 Å². The molecule has 1 aliphatic heterocycles. The van der Waals surface area contributed by atoms with Crippen molar-refractivity contribution in [3.63, 3.8) is 0 Å². The Morgan fingerprint density at radius 1 is 1.42 bits per heavy atom. The van der Waals surface area contributed by atoms with Crippen LogP contribution in [0.5, 0.6) is 0 Å². The second-order valence-corrected chi connectivity index (χ2v) is 7.23. The molecule has 19 heavy (non-hydrogen) atoms. The third-order valence-corrected chi connectivity index (χ3v) is 5.97. The average molecular weight is 304 g/mol. The first-order valence-corrected chi connectivity index (χ1v) is 8.01. The molecule has 0 N–H and O–H groups in total. The number of nitrogens with zero attached hydrogens (tertiary/aromatic N) is 3. The van der Waals surface area contributed by atoms with Gasteiger partial charge in [-0.25, -0.2) is 8.42 Å². The zero-order valence-electron chi connectivity index (χ0n) is 11.1. The Kier molecular flexibility index (Phi) is 4.45. The Bertz CT molecular complexity index is 542. The van der Waals surface area contributed by atoms with E-state index in [4.69, 9.17) is 11.6 Å². The molecule has 5 nitrogen and oxygen atoms in total. The maximum absolute atomic E-state index is 12.5. The molecule has 0 unspecified atom stereocenters. The van der Waals surface area contributed by atoms with Gasteiger partial charge in [-0.2, -0.15) is 4.31 Å². The van der Waals surface area contributed by atoms with E-state index in [0.717, 1.165) is 25.9 Å². The number of pyridine rings is 1. The zero-order valence-corrected chi connectivity index (χ0v) is 12.7. The summed E-state index contributed by atoms with van der Waals surface area (Å²) < 4.78 is 26.5. The highest BCUT2D eigenvalue weighted by Gasteiger charge is 2.31. The lowest BCUT2D eigenvalue weighted by Gasteiger charge is -2.34. The van der Waals surface area contributed by atoms with Crippen molar-refractivity contribution in [2.45, 2.75) is 23.8 Å². The first-order chi connectivity index (χ1) is 8.93. The maximum atomic E-state index is 12.5. The lowest BCUT2D eigenvalue weighted by Crippen LogP contribution is -2.44. The molecular formula is C12H18ClN3O2S. The fourth-order valence-electron chi connectivity index (χ4n) is 2.26. The molecule has 0 bridgehead atoms. The molecule has 0 aromatic carbocycles. The van der Waals surface area contributed by atoms with Gasteiger partial charge in [0, 0.05) is 25.5 Å². The number of aromatic nitrogens is 1. The van der Waals surface area contributed by atoms with Crippen molar-refractivity contribution >= 4 is 21.6 Å². The van der Waals surface area contributed by atoms with Gasteiger partial charge in [-0.1, -0.05) is 11.6 Å². The van der Waals surface area contributed by atoms with E-state index in [1.165, 1.54) is 22.8 Å². The molecule has 0 saturated carbocycles. The van der Waals surface area contributed by atoms with Gasteiger partial charge in [0.2, 0.25) is 10.0 Å². The van der Waals surface area contributed by atoms with Crippen LogP contribution in [-0.2, 0) is 10.0 Å². The highest BCUT2D eigenvalue weighted by atomic mass is 35.5. The molecule has 1 fully saturated rings. The van der Waals surface area contributed by atoms with E-state index in [-0.39, 0.29) is 16.0 Å². The molecule has 2 rings (SSSR count). The van der Waals surface area contributed by atoms with Crippen molar-refractivity contribution in [2.75, 3.05) is 27.2 Å². The molecule has 1 aromatic rings. The summed E-state index contributed by atoms with van der Waals surface area (Å²) in [5.41, 5.74) is 0. The number of sulfonamides is 1. The summed E-state index contributed by atoms with van der Waals surface area (Å²) in [6, 6.07) is 1.52. The first-order valence-electron chi connectivity index (χ1n) is 6.19. The molecule has 7 heteroatoms. The van der Waals surface area contributed by atoms with E-state index < -0.39 is 10.0 Å². The van der Waals surface area contributed by atoms with Crippen LogP contribution in [0, 0.1) is 0 Å². The largest absolute Gasteiger partial charge is 0.306 e. The summed E-state index contributed by atoms with van der Waals surface area (Å²) >= 11 is 5.96. The quantitative estimate of drug-likeness (QED) is 0.848. The highest BCUT2D eigenvalue weighted by Crippen LogP contribution is 2.26. The lowest BCUT2D eigenvalue weighted by molar-refractivity contribution is 0.197. The number of hydrogen-bond donors (Lipinski definition) is 0. The third-order valence-electron chi connectivity index (χ3n) is 3.59. The predicted octanol–water partition coefficient (Wildman–Crippen LogP) is 1.45. The van der Waals surface area contributed by atoms with Gasteiger partial charge in [0.1, 0.15) is 4.90 Å². The summed E-state index contributed by atoms with van der Waals surface area (Å²) in [5.74, 6) is 0. The van der Waals surface area contributed by atoms with Crippen LogP contribution in [0.4, 0.5) is 0 Å². The summed E-state index contributed by atoms with van der Waals surface area (Å²) in [6.07, 6.45) is 4.47. The fourth-order valence-corrected chi connectivity index (χ4v) is 4.08. The minimum absolute atomic E-state index is 0.0254. The topological polar surface area (TPSA) is 53.5 Å². The minimum Gasteiger partial charge on any atom is -0.306 e. The van der Waals surface area contributed by atoms with Gasteiger partial charge in [0.15, 0.2) is 0 Å². The van der Waals surface area contributed by atoms with E-state index >= 15 is 0 Å². The Morgan fingerprint density at radius 3 is 2.63 bits per heavy atom. The average Bonchev–Trinajstić information content (AvgIpc) is 2.39. The Hall–Kier alpha value is -0.690. The van der Waals surface area contributed by atoms with Crippen molar-refractivity contribution < 1.29 is 8.42 Å². The van der Waals surface area contributed by atoms with Gasteiger partial charge < -0.3 is 4.90 Å². The number of halogens is 1. The zero-order chi connectivity index (χ0) is 14.0. The lowest BCUT2D eigenvalue weighted by atomic mass is 10.1. The normalized spacial score (nSPS) is 18.9. The monoisotopic (exact) mass is 303 g/mol. The van der Waals surface area contributed by atoms with Gasteiger partial charge in [-0.15, -0.1) is 0 Å². The molecule has 1 aliphatic rings. The number of piperidine rings is 1. The molecule has 106 valence electrons. The molecule has 0 aliphatic carbocycles. The van der Waals surface area contributed by atoms with Gasteiger partial charge >= 0.3 is 0 Å². The van der Waals surface area contributed by atoms with E-state index in [1.807, 2.05) is 7.05 Å². The smallest absolute Gasteiger partial charge is 0.246 e. The number of rotatable bonds is 3. The van der Waals surface area contributed by atoms with Crippen LogP contribution in [0.1, 0.15) is 12.8 Å². The van der Waals surface area contributed by atoms with Crippen LogP contribution in [0.25, 0.3) is 0 Å². The SMILES string of the molecule is CN1CCC(N(C)S(=O)(=O)c2cnccc2Cl)CC1. The maximum Gasteiger partial charge on any atom is 0.246 e.